The fraction of sp³-hybridized carbons (Fsp3) is 0.517. The van der Waals surface area contributed by atoms with Gasteiger partial charge >= 0.3 is 6.18 Å². The maximum absolute atomic E-state index is 15.0. The summed E-state index contributed by atoms with van der Waals surface area (Å²) in [4.78, 5) is 33.1. The van der Waals surface area contributed by atoms with Crippen molar-refractivity contribution in [3.8, 4) is 0 Å². The zero-order chi connectivity index (χ0) is 31.3. The van der Waals surface area contributed by atoms with Crippen molar-refractivity contribution >= 4 is 34.8 Å². The minimum atomic E-state index is -4.23. The number of nitrogens with one attached hydrogen (secondary N) is 2. The molecule has 1 atom stereocenters. The molecule has 0 spiro atoms. The Labute approximate surface area is 252 Å². The molecule has 8 nitrogen and oxygen atoms in total. The first kappa shape index (κ1) is 32.9. The van der Waals surface area contributed by atoms with E-state index in [2.05, 4.69) is 15.5 Å². The van der Waals surface area contributed by atoms with Gasteiger partial charge in [-0.3, -0.25) is 19.4 Å². The summed E-state index contributed by atoms with van der Waals surface area (Å²) in [7, 11) is 3.97. The normalized spacial score (nSPS) is 18.3. The van der Waals surface area contributed by atoms with E-state index in [1.54, 1.807) is 11.0 Å². The van der Waals surface area contributed by atoms with Gasteiger partial charge in [0.25, 0.3) is 5.91 Å². The molecule has 2 amide bonds. The molecule has 4 rings (SSSR count). The maximum Gasteiger partial charge on any atom is 0.390 e. The number of anilines is 2. The number of halogens is 6. The third-order valence-electron chi connectivity index (χ3n) is 7.86. The van der Waals surface area contributed by atoms with Crippen LogP contribution in [0.1, 0.15) is 28.8 Å². The number of benzene rings is 2. The molecule has 2 aromatic carbocycles. The van der Waals surface area contributed by atoms with Gasteiger partial charge in [-0.25, -0.2) is 8.78 Å². The van der Waals surface area contributed by atoms with Crippen molar-refractivity contribution < 1.29 is 31.5 Å². The van der Waals surface area contributed by atoms with Crippen LogP contribution in [0.5, 0.6) is 0 Å². The van der Waals surface area contributed by atoms with Crippen molar-refractivity contribution in [2.45, 2.75) is 31.6 Å². The number of piperazine rings is 1. The highest BCUT2D eigenvalue weighted by atomic mass is 35.5. The van der Waals surface area contributed by atoms with E-state index in [1.165, 1.54) is 18.2 Å². The highest BCUT2D eigenvalue weighted by molar-refractivity contribution is 6.31. The monoisotopic (exact) mass is 630 g/mol. The van der Waals surface area contributed by atoms with Crippen LogP contribution in [-0.4, -0.2) is 105 Å². The van der Waals surface area contributed by atoms with Gasteiger partial charge in [0.1, 0.15) is 0 Å². The summed E-state index contributed by atoms with van der Waals surface area (Å²) < 4.78 is 67.7. The van der Waals surface area contributed by atoms with Crippen LogP contribution < -0.4 is 15.5 Å². The lowest BCUT2D eigenvalue weighted by atomic mass is 10.1. The van der Waals surface area contributed by atoms with Crippen LogP contribution in [-0.2, 0) is 11.3 Å². The molecular formula is C29H36ClF5N6O2. The number of alkyl halides is 3. The average molecular weight is 631 g/mol. The van der Waals surface area contributed by atoms with E-state index in [4.69, 9.17) is 11.6 Å². The maximum atomic E-state index is 15.0. The Kier molecular flexibility index (Phi) is 10.9. The van der Waals surface area contributed by atoms with Gasteiger partial charge in [-0.15, -0.1) is 0 Å². The molecule has 0 saturated carbocycles. The Bertz CT molecular complexity index is 1300. The average Bonchev–Trinajstić information content (AvgIpc) is 3.42. The molecule has 0 aliphatic carbocycles. The fourth-order valence-electron chi connectivity index (χ4n) is 5.29. The lowest BCUT2D eigenvalue weighted by Crippen LogP contribution is -2.47. The predicted molar refractivity (Wildman–Crippen MR) is 155 cm³/mol. The highest BCUT2D eigenvalue weighted by Gasteiger charge is 2.30. The predicted octanol–water partition coefficient (Wildman–Crippen LogP) is 4.20. The molecule has 236 valence electrons. The summed E-state index contributed by atoms with van der Waals surface area (Å²) in [6.45, 7) is 2.88. The smallest absolute Gasteiger partial charge is 0.367 e. The molecule has 2 aromatic rings. The second-order valence-electron chi connectivity index (χ2n) is 11.1. The highest BCUT2D eigenvalue weighted by Crippen LogP contribution is 2.31. The number of rotatable bonds is 10. The number of carbonyl (C=O) groups is 2. The largest absolute Gasteiger partial charge is 0.390 e. The molecule has 2 fully saturated rings. The van der Waals surface area contributed by atoms with Crippen LogP contribution in [0.4, 0.5) is 33.3 Å². The van der Waals surface area contributed by atoms with Crippen LogP contribution in [0.15, 0.2) is 30.3 Å². The third kappa shape index (κ3) is 9.01. The second kappa shape index (κ2) is 14.2. The molecule has 2 N–H and O–H groups in total. The molecule has 2 heterocycles. The molecular weight excluding hydrogens is 595 g/mol. The van der Waals surface area contributed by atoms with E-state index < -0.39 is 35.7 Å². The Hall–Kier alpha value is -3.00. The van der Waals surface area contributed by atoms with Crippen molar-refractivity contribution in [3.05, 3.63) is 58.1 Å². The Balaban J connectivity index is 1.36. The molecule has 2 aliphatic rings. The first-order valence-corrected chi connectivity index (χ1v) is 14.5. The number of hydrogen-bond acceptors (Lipinski definition) is 6. The first-order chi connectivity index (χ1) is 20.3. The molecule has 2 saturated heterocycles. The molecule has 2 aliphatic heterocycles. The minimum Gasteiger partial charge on any atom is -0.367 e. The lowest BCUT2D eigenvalue weighted by molar-refractivity contribution is -0.138. The Morgan fingerprint density at radius 1 is 1.00 bits per heavy atom. The molecule has 14 heteroatoms. The first-order valence-electron chi connectivity index (χ1n) is 14.1. The quantitative estimate of drug-likeness (QED) is 0.384. The van der Waals surface area contributed by atoms with Gasteiger partial charge in [-0.05, 0) is 44.8 Å². The van der Waals surface area contributed by atoms with Crippen LogP contribution in [0, 0.1) is 11.6 Å². The molecule has 43 heavy (non-hydrogen) atoms. The fourth-order valence-corrected chi connectivity index (χ4v) is 5.46. The van der Waals surface area contributed by atoms with Crippen LogP contribution in [0.2, 0.25) is 5.02 Å². The summed E-state index contributed by atoms with van der Waals surface area (Å²) in [5.41, 5.74) is 0.210. The summed E-state index contributed by atoms with van der Waals surface area (Å²) in [6, 6.07) is 7.45. The standard InChI is InChI=1S/C29H36ClF5N6O2/c1-38(2)21-7-9-40(17-21)18-25(42)36-16-19-3-5-22(27(32)26(19)31)28(43)37-23-6-4-20(30)15-24(23)41-13-11-39(12-14-41)10-8-29(33,34)35/h3-6,15,21H,7-14,16-18H2,1-2H3,(H,36,42)(H,37,43). The third-order valence-corrected chi connectivity index (χ3v) is 8.10. The summed E-state index contributed by atoms with van der Waals surface area (Å²) >= 11 is 6.18. The van der Waals surface area contributed by atoms with E-state index in [0.29, 0.717) is 48.6 Å². The number of amides is 2. The van der Waals surface area contributed by atoms with E-state index in [1.807, 2.05) is 23.9 Å². The van der Waals surface area contributed by atoms with Crippen molar-refractivity contribution in [1.82, 2.24) is 20.0 Å². The van der Waals surface area contributed by atoms with E-state index in [-0.39, 0.29) is 31.1 Å². The summed E-state index contributed by atoms with van der Waals surface area (Å²) in [6.07, 6.45) is -4.18. The van der Waals surface area contributed by atoms with Crippen molar-refractivity contribution in [1.29, 1.82) is 0 Å². The van der Waals surface area contributed by atoms with Crippen molar-refractivity contribution in [2.75, 3.05) is 76.7 Å². The zero-order valence-electron chi connectivity index (χ0n) is 24.1. The van der Waals surface area contributed by atoms with Gasteiger partial charge in [0.2, 0.25) is 5.91 Å². The summed E-state index contributed by atoms with van der Waals surface area (Å²) in [5, 5.41) is 5.60. The number of nitrogens with zero attached hydrogens (tertiary/aromatic N) is 4. The van der Waals surface area contributed by atoms with E-state index >= 15 is 4.39 Å². The molecule has 0 aromatic heterocycles. The van der Waals surface area contributed by atoms with E-state index in [9.17, 15) is 27.2 Å². The second-order valence-corrected chi connectivity index (χ2v) is 11.6. The van der Waals surface area contributed by atoms with Crippen LogP contribution in [0.3, 0.4) is 0 Å². The lowest BCUT2D eigenvalue weighted by Gasteiger charge is -2.37. The molecule has 0 radical (unpaired) electrons. The SMILES string of the molecule is CN(C)C1CCN(CC(=O)NCc2ccc(C(=O)Nc3ccc(Cl)cc3N3CCN(CCC(F)(F)F)CC3)c(F)c2F)C1. The van der Waals surface area contributed by atoms with Crippen LogP contribution >= 0.6 is 11.6 Å². The molecule has 0 bridgehead atoms. The van der Waals surface area contributed by atoms with Gasteiger partial charge in [0.05, 0.1) is 29.9 Å². The van der Waals surface area contributed by atoms with Gasteiger partial charge in [-0.1, -0.05) is 17.7 Å². The number of likely N-dealkylation sites (tertiary alicyclic amines) is 1. The minimum absolute atomic E-state index is 0.0921. The van der Waals surface area contributed by atoms with Gasteiger partial charge in [-0.2, -0.15) is 13.2 Å². The van der Waals surface area contributed by atoms with Crippen molar-refractivity contribution in [3.63, 3.8) is 0 Å². The van der Waals surface area contributed by atoms with Crippen molar-refractivity contribution in [2.24, 2.45) is 0 Å². The van der Waals surface area contributed by atoms with Gasteiger partial charge in [0.15, 0.2) is 11.6 Å². The number of hydrogen-bond donors (Lipinski definition) is 2. The molecule has 1 unspecified atom stereocenters. The summed E-state index contributed by atoms with van der Waals surface area (Å²) in [5.74, 6) is -3.76. The van der Waals surface area contributed by atoms with Crippen LogP contribution in [0.25, 0.3) is 0 Å². The number of likely N-dealkylation sites (N-methyl/N-ethyl adjacent to an activating group) is 1. The Morgan fingerprint density at radius 2 is 1.72 bits per heavy atom. The Morgan fingerprint density at radius 3 is 2.37 bits per heavy atom. The van der Waals surface area contributed by atoms with E-state index in [0.717, 1.165) is 25.6 Å². The zero-order valence-corrected chi connectivity index (χ0v) is 24.9. The van der Waals surface area contributed by atoms with Gasteiger partial charge < -0.3 is 20.4 Å². The topological polar surface area (TPSA) is 71.2 Å². The number of carbonyl (C=O) groups excluding carboxylic acids is 2. The van der Waals surface area contributed by atoms with Gasteiger partial charge in [0, 0.05) is 69.0 Å².